The van der Waals surface area contributed by atoms with Crippen LogP contribution < -0.4 is 11.1 Å². The summed E-state index contributed by atoms with van der Waals surface area (Å²) in [5, 5.41) is 2.43. The maximum absolute atomic E-state index is 11.6. The van der Waals surface area contributed by atoms with Crippen LogP contribution >= 0.6 is 0 Å². The van der Waals surface area contributed by atoms with Gasteiger partial charge in [-0.3, -0.25) is 9.59 Å². The second-order valence-corrected chi connectivity index (χ2v) is 3.73. The molecule has 1 rings (SSSR count). The second-order valence-electron chi connectivity index (χ2n) is 3.73. The molecule has 0 aliphatic heterocycles. The van der Waals surface area contributed by atoms with E-state index >= 15 is 0 Å². The van der Waals surface area contributed by atoms with E-state index in [4.69, 9.17) is 10.2 Å². The van der Waals surface area contributed by atoms with Crippen molar-refractivity contribution < 1.29 is 14.0 Å². The molecule has 6 heteroatoms. The fourth-order valence-corrected chi connectivity index (χ4v) is 1.30. The number of hydrogen-bond donors (Lipinski definition) is 2. The van der Waals surface area contributed by atoms with Gasteiger partial charge in [-0.2, -0.15) is 0 Å². The molecule has 1 aromatic heterocycles. The summed E-state index contributed by atoms with van der Waals surface area (Å²) in [4.78, 5) is 24.1. The van der Waals surface area contributed by atoms with Crippen molar-refractivity contribution >= 4 is 11.8 Å². The van der Waals surface area contributed by atoms with E-state index in [9.17, 15) is 9.59 Å². The molecule has 0 spiro atoms. The van der Waals surface area contributed by atoms with E-state index < -0.39 is 0 Å². The van der Waals surface area contributed by atoms with Crippen molar-refractivity contribution in [2.75, 3.05) is 20.1 Å². The van der Waals surface area contributed by atoms with Gasteiger partial charge in [-0.05, 0) is 13.0 Å². The van der Waals surface area contributed by atoms with Gasteiger partial charge >= 0.3 is 0 Å². The summed E-state index contributed by atoms with van der Waals surface area (Å²) < 4.78 is 5.14. The molecule has 0 fully saturated rings. The van der Waals surface area contributed by atoms with Crippen molar-refractivity contribution in [2.24, 2.45) is 5.73 Å². The third kappa shape index (κ3) is 3.92. The van der Waals surface area contributed by atoms with Crippen LogP contribution in [0.25, 0.3) is 0 Å². The molecule has 3 N–H and O–H groups in total. The number of aryl methyl sites for hydroxylation is 1. The van der Waals surface area contributed by atoms with Gasteiger partial charge < -0.3 is 20.4 Å². The molecule has 94 valence electrons. The fraction of sp³-hybridized carbons (Fsp3) is 0.455. The van der Waals surface area contributed by atoms with Crippen LogP contribution in [-0.4, -0.2) is 36.9 Å². The number of nitrogens with one attached hydrogen (secondary N) is 1. The molecule has 6 nitrogen and oxygen atoms in total. The van der Waals surface area contributed by atoms with Crippen LogP contribution in [0.4, 0.5) is 0 Å². The molecule has 17 heavy (non-hydrogen) atoms. The van der Waals surface area contributed by atoms with Crippen LogP contribution in [0.1, 0.15) is 11.3 Å². The summed E-state index contributed by atoms with van der Waals surface area (Å²) in [5.74, 6) is 0.272. The van der Waals surface area contributed by atoms with Gasteiger partial charge in [-0.15, -0.1) is 0 Å². The van der Waals surface area contributed by atoms with E-state index in [0.29, 0.717) is 6.54 Å². The monoisotopic (exact) mass is 239 g/mol. The Morgan fingerprint density at radius 2 is 2.24 bits per heavy atom. The van der Waals surface area contributed by atoms with Crippen molar-refractivity contribution in [1.82, 2.24) is 10.2 Å². The van der Waals surface area contributed by atoms with Crippen LogP contribution in [0.2, 0.25) is 0 Å². The van der Waals surface area contributed by atoms with Gasteiger partial charge in [0.1, 0.15) is 5.76 Å². The minimum absolute atomic E-state index is 0.0383. The van der Waals surface area contributed by atoms with Crippen LogP contribution in [-0.2, 0) is 16.1 Å². The summed E-state index contributed by atoms with van der Waals surface area (Å²) in [7, 11) is 1.67. The van der Waals surface area contributed by atoms with Gasteiger partial charge in [0.25, 0.3) is 0 Å². The zero-order valence-electron chi connectivity index (χ0n) is 10.0. The second kappa shape index (κ2) is 6.05. The van der Waals surface area contributed by atoms with Crippen molar-refractivity contribution in [3.05, 3.63) is 23.7 Å². The van der Waals surface area contributed by atoms with Gasteiger partial charge in [0.15, 0.2) is 0 Å². The Balaban J connectivity index is 2.42. The number of carbonyl (C=O) groups excluding carboxylic acids is 2. The number of nitrogens with zero attached hydrogens (tertiary/aromatic N) is 1. The Morgan fingerprint density at radius 3 is 2.76 bits per heavy atom. The SMILES string of the molecule is Cc1occc1CN(C)C(=O)CNC(=O)CN. The van der Waals surface area contributed by atoms with Gasteiger partial charge in [0, 0.05) is 19.2 Å². The standard InChI is InChI=1S/C11H17N3O3/c1-8-9(3-4-17-8)7-14(2)11(16)6-13-10(15)5-12/h3-4H,5-7,12H2,1-2H3,(H,13,15). The Hall–Kier alpha value is -1.82. The number of likely N-dealkylation sites (N-methyl/N-ethyl adjacent to an activating group) is 1. The molecular formula is C11H17N3O3. The molecule has 0 aromatic carbocycles. The highest BCUT2D eigenvalue weighted by Crippen LogP contribution is 2.10. The molecule has 0 saturated carbocycles. The number of carbonyl (C=O) groups is 2. The predicted octanol–water partition coefficient (Wildman–Crippen LogP) is -0.379. The highest BCUT2D eigenvalue weighted by Gasteiger charge is 2.12. The maximum Gasteiger partial charge on any atom is 0.242 e. The summed E-state index contributed by atoms with van der Waals surface area (Å²) >= 11 is 0. The predicted molar refractivity (Wildman–Crippen MR) is 62.0 cm³/mol. The van der Waals surface area contributed by atoms with E-state index in [1.54, 1.807) is 13.3 Å². The molecule has 0 bridgehead atoms. The summed E-state index contributed by atoms with van der Waals surface area (Å²) in [6.07, 6.45) is 1.58. The molecule has 1 aromatic rings. The van der Waals surface area contributed by atoms with Crippen molar-refractivity contribution in [1.29, 1.82) is 0 Å². The number of furan rings is 1. The van der Waals surface area contributed by atoms with Gasteiger partial charge in [-0.25, -0.2) is 0 Å². The molecule has 0 aliphatic rings. The molecule has 1 heterocycles. The Bertz CT molecular complexity index is 400. The zero-order chi connectivity index (χ0) is 12.8. The molecule has 0 unspecified atom stereocenters. The van der Waals surface area contributed by atoms with Crippen LogP contribution in [0.3, 0.4) is 0 Å². The molecule has 2 amide bonds. The average Bonchev–Trinajstić information content (AvgIpc) is 2.71. The van der Waals surface area contributed by atoms with Gasteiger partial charge in [-0.1, -0.05) is 0 Å². The minimum atomic E-state index is -0.341. The quantitative estimate of drug-likeness (QED) is 0.733. The maximum atomic E-state index is 11.6. The summed E-state index contributed by atoms with van der Waals surface area (Å²) in [6.45, 7) is 2.14. The number of nitrogens with two attached hydrogens (primary N) is 1. The zero-order valence-corrected chi connectivity index (χ0v) is 10.0. The lowest BCUT2D eigenvalue weighted by Gasteiger charge is -2.16. The van der Waals surface area contributed by atoms with Crippen molar-refractivity contribution in [2.45, 2.75) is 13.5 Å². The first-order chi connectivity index (χ1) is 8.04. The molecular weight excluding hydrogens is 222 g/mol. The molecule has 0 atom stereocenters. The van der Waals surface area contributed by atoms with E-state index in [2.05, 4.69) is 5.32 Å². The first kappa shape index (κ1) is 13.2. The normalized spacial score (nSPS) is 10.1. The number of hydrogen-bond acceptors (Lipinski definition) is 4. The summed E-state index contributed by atoms with van der Waals surface area (Å²) in [5.41, 5.74) is 6.06. The Labute approximate surface area is 99.8 Å². The minimum Gasteiger partial charge on any atom is -0.469 e. The third-order valence-corrected chi connectivity index (χ3v) is 2.42. The molecule has 0 saturated heterocycles. The van der Waals surface area contributed by atoms with Gasteiger partial charge in [0.05, 0.1) is 19.4 Å². The topological polar surface area (TPSA) is 88.6 Å². The van der Waals surface area contributed by atoms with Crippen LogP contribution in [0, 0.1) is 6.92 Å². The fourth-order valence-electron chi connectivity index (χ4n) is 1.30. The van der Waals surface area contributed by atoms with Crippen LogP contribution in [0.5, 0.6) is 0 Å². The van der Waals surface area contributed by atoms with E-state index in [-0.39, 0.29) is 24.9 Å². The third-order valence-electron chi connectivity index (χ3n) is 2.42. The number of rotatable bonds is 5. The molecule has 0 radical (unpaired) electrons. The lowest BCUT2D eigenvalue weighted by atomic mass is 10.2. The number of amides is 2. The largest absolute Gasteiger partial charge is 0.469 e. The average molecular weight is 239 g/mol. The van der Waals surface area contributed by atoms with Gasteiger partial charge in [0.2, 0.25) is 11.8 Å². The van der Waals surface area contributed by atoms with E-state index in [1.165, 1.54) is 4.90 Å². The Morgan fingerprint density at radius 1 is 1.53 bits per heavy atom. The van der Waals surface area contributed by atoms with E-state index in [0.717, 1.165) is 11.3 Å². The summed E-state index contributed by atoms with van der Waals surface area (Å²) in [6, 6.07) is 1.82. The lowest BCUT2D eigenvalue weighted by Crippen LogP contribution is -2.40. The lowest BCUT2D eigenvalue weighted by molar-refractivity contribution is -0.131. The van der Waals surface area contributed by atoms with Crippen LogP contribution in [0.15, 0.2) is 16.7 Å². The first-order valence-corrected chi connectivity index (χ1v) is 5.28. The van der Waals surface area contributed by atoms with Crippen molar-refractivity contribution in [3.8, 4) is 0 Å². The first-order valence-electron chi connectivity index (χ1n) is 5.28. The smallest absolute Gasteiger partial charge is 0.242 e. The Kier molecular flexibility index (Phi) is 4.71. The highest BCUT2D eigenvalue weighted by atomic mass is 16.3. The van der Waals surface area contributed by atoms with Crippen molar-refractivity contribution in [3.63, 3.8) is 0 Å². The van der Waals surface area contributed by atoms with E-state index in [1.807, 2.05) is 13.0 Å². The highest BCUT2D eigenvalue weighted by molar-refractivity contribution is 5.85. The molecule has 0 aliphatic carbocycles.